The summed E-state index contributed by atoms with van der Waals surface area (Å²) in [6.45, 7) is 2.83. The van der Waals surface area contributed by atoms with Crippen LogP contribution in [0.15, 0.2) is 48.0 Å². The largest absolute Gasteiger partial charge is 0.353 e. The molecule has 1 aromatic carbocycles. The summed E-state index contributed by atoms with van der Waals surface area (Å²) >= 11 is 1.65. The topological polar surface area (TPSA) is 69.6 Å². The molecule has 34 heavy (non-hydrogen) atoms. The Morgan fingerprint density at radius 3 is 2.88 bits per heavy atom. The van der Waals surface area contributed by atoms with Crippen molar-refractivity contribution in [2.45, 2.75) is 50.5 Å². The van der Waals surface area contributed by atoms with Crippen molar-refractivity contribution in [3.63, 3.8) is 0 Å². The van der Waals surface area contributed by atoms with E-state index < -0.39 is 0 Å². The third-order valence-electron chi connectivity index (χ3n) is 7.45. The van der Waals surface area contributed by atoms with Crippen molar-refractivity contribution >= 4 is 34.1 Å². The van der Waals surface area contributed by atoms with Gasteiger partial charge in [-0.1, -0.05) is 24.3 Å². The van der Waals surface area contributed by atoms with Gasteiger partial charge in [-0.25, -0.2) is 0 Å². The molecule has 180 valence electrons. The zero-order valence-electron chi connectivity index (χ0n) is 19.9. The second kappa shape index (κ2) is 9.90. The number of nitrogens with one attached hydrogen (secondary N) is 2. The Morgan fingerprint density at radius 1 is 1.21 bits per heavy atom. The lowest BCUT2D eigenvalue weighted by Crippen LogP contribution is -2.49. The molecule has 2 fully saturated rings. The number of likely N-dealkylation sites (tertiary alicyclic amines) is 1. The molecular weight excluding hydrogens is 446 g/mol. The molecule has 0 spiro atoms. The van der Waals surface area contributed by atoms with Crippen LogP contribution in [0.3, 0.4) is 0 Å². The molecule has 4 heterocycles. The number of likely N-dealkylation sites (N-methyl/N-ethyl adjacent to an activating group) is 1. The Hall–Kier alpha value is -2.68. The first-order valence-electron chi connectivity index (χ1n) is 12.1. The van der Waals surface area contributed by atoms with E-state index in [1.54, 1.807) is 11.3 Å². The molecule has 2 amide bonds. The van der Waals surface area contributed by atoms with Gasteiger partial charge in [-0.2, -0.15) is 0 Å². The van der Waals surface area contributed by atoms with Crippen LogP contribution in [0.2, 0.25) is 0 Å². The Kier molecular flexibility index (Phi) is 6.72. The van der Waals surface area contributed by atoms with Gasteiger partial charge in [-0.15, -0.1) is 11.3 Å². The van der Waals surface area contributed by atoms with Crippen LogP contribution in [0.1, 0.15) is 29.7 Å². The third-order valence-corrected chi connectivity index (χ3v) is 8.32. The second-order valence-electron chi connectivity index (χ2n) is 9.51. The number of aryl methyl sites for hydroxylation is 1. The summed E-state index contributed by atoms with van der Waals surface area (Å²) in [5.74, 6) is 0.178. The third kappa shape index (κ3) is 4.62. The molecule has 2 aromatic heterocycles. The highest BCUT2D eigenvalue weighted by molar-refractivity contribution is 7.09. The summed E-state index contributed by atoms with van der Waals surface area (Å²) in [7, 11) is 4.19. The fraction of sp³-hybridized carbons (Fsp3) is 0.462. The standard InChI is InChI=1S/C26H33N5O2S/c1-29-16-18(21-7-3-4-8-22(21)29)17-31-12-11-23-25(31)26(33)28-14-19(30(23)2)9-10-24(32)27-15-20-6-5-13-34-20/h3-8,13,16,19,23,25H,9-12,14-15,17H2,1-2H3,(H,27,32)(H,28,33)/t19-,23+,25-/m0/s1. The van der Waals surface area contributed by atoms with Crippen LogP contribution in [0.25, 0.3) is 10.9 Å². The number of hydrogen-bond acceptors (Lipinski definition) is 5. The summed E-state index contributed by atoms with van der Waals surface area (Å²) in [5.41, 5.74) is 2.48. The molecule has 2 aliphatic rings. The van der Waals surface area contributed by atoms with E-state index in [9.17, 15) is 9.59 Å². The van der Waals surface area contributed by atoms with Gasteiger partial charge >= 0.3 is 0 Å². The average molecular weight is 480 g/mol. The predicted molar refractivity (Wildman–Crippen MR) is 135 cm³/mol. The molecule has 3 aromatic rings. The number of nitrogens with zero attached hydrogens (tertiary/aromatic N) is 3. The number of fused-ring (bicyclic) bond motifs is 2. The number of carbonyl (C=O) groups is 2. The molecule has 0 saturated carbocycles. The summed E-state index contributed by atoms with van der Waals surface area (Å²) < 4.78 is 2.16. The van der Waals surface area contributed by atoms with E-state index in [2.05, 4.69) is 69.6 Å². The number of benzene rings is 1. The van der Waals surface area contributed by atoms with Gasteiger partial charge in [0.05, 0.1) is 6.54 Å². The first kappa shape index (κ1) is 23.1. The number of hydrogen-bond donors (Lipinski definition) is 2. The van der Waals surface area contributed by atoms with Gasteiger partial charge in [0.2, 0.25) is 11.8 Å². The Bertz CT molecular complexity index is 1160. The van der Waals surface area contributed by atoms with Gasteiger partial charge in [-0.05, 0) is 43.0 Å². The van der Waals surface area contributed by atoms with Crippen LogP contribution in [0.4, 0.5) is 0 Å². The smallest absolute Gasteiger partial charge is 0.239 e. The van der Waals surface area contributed by atoms with Crippen LogP contribution in [0.5, 0.6) is 0 Å². The van der Waals surface area contributed by atoms with E-state index in [4.69, 9.17) is 0 Å². The van der Waals surface area contributed by atoms with Gasteiger partial charge < -0.3 is 15.2 Å². The average Bonchev–Trinajstić information content (AvgIpc) is 3.56. The number of aromatic nitrogens is 1. The van der Waals surface area contributed by atoms with Crippen LogP contribution >= 0.6 is 11.3 Å². The number of amides is 2. The minimum absolute atomic E-state index is 0.0675. The first-order chi connectivity index (χ1) is 16.5. The summed E-state index contributed by atoms with van der Waals surface area (Å²) in [6, 6.07) is 12.6. The Balaban J connectivity index is 1.22. The summed E-state index contributed by atoms with van der Waals surface area (Å²) in [5, 5.41) is 9.46. The molecule has 5 rings (SSSR count). The molecule has 0 radical (unpaired) electrons. The van der Waals surface area contributed by atoms with E-state index in [1.165, 1.54) is 16.5 Å². The Morgan fingerprint density at radius 2 is 2.06 bits per heavy atom. The summed E-state index contributed by atoms with van der Waals surface area (Å²) in [6.07, 6.45) is 4.35. The molecule has 0 aliphatic carbocycles. The van der Waals surface area contributed by atoms with E-state index in [-0.39, 0.29) is 29.9 Å². The van der Waals surface area contributed by atoms with E-state index >= 15 is 0 Å². The van der Waals surface area contributed by atoms with Crippen molar-refractivity contribution in [3.05, 3.63) is 58.4 Å². The fourth-order valence-corrected chi connectivity index (χ4v) is 6.23. The lowest BCUT2D eigenvalue weighted by Gasteiger charge is -2.33. The van der Waals surface area contributed by atoms with Gasteiger partial charge in [-0.3, -0.25) is 19.4 Å². The molecule has 0 bridgehead atoms. The van der Waals surface area contributed by atoms with Crippen molar-refractivity contribution in [3.8, 4) is 0 Å². The van der Waals surface area contributed by atoms with Crippen molar-refractivity contribution in [2.24, 2.45) is 7.05 Å². The molecular formula is C26H33N5O2S. The van der Waals surface area contributed by atoms with Gasteiger partial charge in [0, 0.05) is 67.2 Å². The maximum absolute atomic E-state index is 13.2. The van der Waals surface area contributed by atoms with Crippen molar-refractivity contribution in [1.29, 1.82) is 0 Å². The van der Waals surface area contributed by atoms with Gasteiger partial charge in [0.25, 0.3) is 0 Å². The SMILES string of the molecule is CN1[C@@H](CCC(=O)NCc2cccs2)CNC(=O)[C@@H]2[C@H]1CCN2Cc1cn(C)c2ccccc12. The highest BCUT2D eigenvalue weighted by Gasteiger charge is 2.45. The number of rotatable bonds is 7. The number of para-hydroxylation sites is 1. The molecule has 0 unspecified atom stereocenters. The molecule has 8 heteroatoms. The summed E-state index contributed by atoms with van der Waals surface area (Å²) in [4.78, 5) is 31.4. The zero-order valence-corrected chi connectivity index (χ0v) is 20.7. The monoisotopic (exact) mass is 479 g/mol. The van der Waals surface area contributed by atoms with Crippen molar-refractivity contribution in [2.75, 3.05) is 20.1 Å². The van der Waals surface area contributed by atoms with Gasteiger partial charge in [0.1, 0.15) is 6.04 Å². The molecule has 2 aliphatic heterocycles. The minimum atomic E-state index is -0.165. The Labute approximate surface area is 204 Å². The second-order valence-corrected chi connectivity index (χ2v) is 10.5. The maximum Gasteiger partial charge on any atom is 0.239 e. The fourth-order valence-electron chi connectivity index (χ4n) is 5.58. The van der Waals surface area contributed by atoms with Crippen molar-refractivity contribution in [1.82, 2.24) is 25.0 Å². The minimum Gasteiger partial charge on any atom is -0.353 e. The lowest BCUT2D eigenvalue weighted by atomic mass is 10.0. The molecule has 3 atom stereocenters. The van der Waals surface area contributed by atoms with E-state index in [0.717, 1.165) is 30.8 Å². The predicted octanol–water partition coefficient (Wildman–Crippen LogP) is 2.71. The van der Waals surface area contributed by atoms with Crippen LogP contribution in [0, 0.1) is 0 Å². The molecule has 7 nitrogen and oxygen atoms in total. The highest BCUT2D eigenvalue weighted by atomic mass is 32.1. The van der Waals surface area contributed by atoms with Crippen LogP contribution in [-0.2, 0) is 29.7 Å². The lowest BCUT2D eigenvalue weighted by molar-refractivity contribution is -0.126. The van der Waals surface area contributed by atoms with Crippen LogP contribution in [-0.4, -0.2) is 64.4 Å². The highest BCUT2D eigenvalue weighted by Crippen LogP contribution is 2.30. The maximum atomic E-state index is 13.2. The van der Waals surface area contributed by atoms with Gasteiger partial charge in [0.15, 0.2) is 0 Å². The van der Waals surface area contributed by atoms with E-state index in [1.807, 2.05) is 17.5 Å². The van der Waals surface area contributed by atoms with E-state index in [0.29, 0.717) is 19.5 Å². The van der Waals surface area contributed by atoms with Crippen molar-refractivity contribution < 1.29 is 9.59 Å². The first-order valence-corrected chi connectivity index (χ1v) is 12.9. The quantitative estimate of drug-likeness (QED) is 0.547. The number of thiophene rings is 1. The number of carbonyl (C=O) groups excluding carboxylic acids is 2. The molecule has 2 N–H and O–H groups in total. The molecule has 2 saturated heterocycles. The zero-order chi connectivity index (χ0) is 23.7. The van der Waals surface area contributed by atoms with Crippen LogP contribution < -0.4 is 10.6 Å². The normalized spacial score (nSPS) is 23.6.